The molecule has 2 aromatic heterocycles. The van der Waals surface area contributed by atoms with E-state index in [1.807, 2.05) is 6.07 Å². The third-order valence-corrected chi connectivity index (χ3v) is 2.12. The molecule has 13 heavy (non-hydrogen) atoms. The van der Waals surface area contributed by atoms with Crippen molar-refractivity contribution in [1.29, 1.82) is 0 Å². The Labute approximate surface area is 82.7 Å². The van der Waals surface area contributed by atoms with Crippen molar-refractivity contribution in [2.24, 2.45) is 0 Å². The summed E-state index contributed by atoms with van der Waals surface area (Å²) < 4.78 is 2.43. The van der Waals surface area contributed by atoms with Crippen LogP contribution in [0.3, 0.4) is 0 Å². The van der Waals surface area contributed by atoms with Crippen LogP contribution in [0.4, 0.5) is 5.95 Å². The topological polar surface area (TPSA) is 69.6 Å². The van der Waals surface area contributed by atoms with E-state index >= 15 is 0 Å². The maximum atomic E-state index is 5.39. The SMILES string of the molecule is Nc1ncn(-c2ccncc2Br)n1. The molecule has 0 saturated carbocycles. The Bertz CT molecular complexity index is 424. The van der Waals surface area contributed by atoms with E-state index in [1.165, 1.54) is 0 Å². The highest BCUT2D eigenvalue weighted by Crippen LogP contribution is 2.17. The fraction of sp³-hybridized carbons (Fsp3) is 0. The van der Waals surface area contributed by atoms with Crippen LogP contribution >= 0.6 is 15.9 Å². The minimum atomic E-state index is 0.253. The first kappa shape index (κ1) is 8.18. The summed E-state index contributed by atoms with van der Waals surface area (Å²) in [7, 11) is 0. The molecule has 0 spiro atoms. The van der Waals surface area contributed by atoms with E-state index < -0.39 is 0 Å². The largest absolute Gasteiger partial charge is 0.366 e. The van der Waals surface area contributed by atoms with Crippen molar-refractivity contribution in [3.63, 3.8) is 0 Å². The Balaban J connectivity index is 2.52. The van der Waals surface area contributed by atoms with E-state index in [9.17, 15) is 0 Å². The molecule has 0 aliphatic rings. The molecule has 6 heteroatoms. The molecule has 0 aliphatic carbocycles. The predicted octanol–water partition coefficient (Wildman–Crippen LogP) is 1.01. The zero-order valence-electron chi connectivity index (χ0n) is 6.55. The lowest BCUT2D eigenvalue weighted by Crippen LogP contribution is -1.97. The van der Waals surface area contributed by atoms with Crippen molar-refractivity contribution in [3.05, 3.63) is 29.3 Å². The van der Waals surface area contributed by atoms with Crippen LogP contribution in [-0.2, 0) is 0 Å². The lowest BCUT2D eigenvalue weighted by atomic mass is 10.4. The average molecular weight is 240 g/mol. The van der Waals surface area contributed by atoms with Crippen LogP contribution in [-0.4, -0.2) is 19.7 Å². The van der Waals surface area contributed by atoms with Gasteiger partial charge in [-0.3, -0.25) is 4.98 Å². The Morgan fingerprint density at radius 1 is 1.46 bits per heavy atom. The Hall–Kier alpha value is -1.43. The summed E-state index contributed by atoms with van der Waals surface area (Å²) in [5, 5.41) is 3.97. The molecule has 0 fully saturated rings. The molecule has 0 radical (unpaired) electrons. The summed E-state index contributed by atoms with van der Waals surface area (Å²) in [5.74, 6) is 0.253. The zero-order chi connectivity index (χ0) is 9.26. The first-order valence-corrected chi connectivity index (χ1v) is 4.33. The van der Waals surface area contributed by atoms with Crippen LogP contribution in [0.2, 0.25) is 0 Å². The number of pyridine rings is 1. The van der Waals surface area contributed by atoms with E-state index in [0.29, 0.717) is 0 Å². The third kappa shape index (κ3) is 1.52. The lowest BCUT2D eigenvalue weighted by molar-refractivity contribution is 0.875. The second kappa shape index (κ2) is 3.14. The molecule has 2 rings (SSSR count). The van der Waals surface area contributed by atoms with Gasteiger partial charge in [-0.05, 0) is 22.0 Å². The van der Waals surface area contributed by atoms with Gasteiger partial charge in [-0.2, -0.15) is 0 Å². The smallest absolute Gasteiger partial charge is 0.239 e. The van der Waals surface area contributed by atoms with Gasteiger partial charge in [0.2, 0.25) is 5.95 Å². The third-order valence-electron chi connectivity index (χ3n) is 1.51. The first-order valence-electron chi connectivity index (χ1n) is 3.54. The lowest BCUT2D eigenvalue weighted by Gasteiger charge is -2.00. The number of halogens is 1. The number of hydrogen-bond donors (Lipinski definition) is 1. The van der Waals surface area contributed by atoms with Crippen LogP contribution in [0.25, 0.3) is 5.69 Å². The Morgan fingerprint density at radius 2 is 2.31 bits per heavy atom. The summed E-state index contributed by atoms with van der Waals surface area (Å²) >= 11 is 3.35. The second-order valence-corrected chi connectivity index (χ2v) is 3.23. The molecule has 0 saturated heterocycles. The van der Waals surface area contributed by atoms with Crippen molar-refractivity contribution < 1.29 is 0 Å². The molecule has 2 N–H and O–H groups in total. The number of aromatic nitrogens is 4. The van der Waals surface area contributed by atoms with Crippen LogP contribution in [0.1, 0.15) is 0 Å². The van der Waals surface area contributed by atoms with Gasteiger partial charge >= 0.3 is 0 Å². The van der Waals surface area contributed by atoms with Crippen molar-refractivity contribution in [2.75, 3.05) is 5.73 Å². The molecule has 0 aliphatic heterocycles. The molecule has 2 heterocycles. The number of anilines is 1. The molecule has 0 bridgehead atoms. The van der Waals surface area contributed by atoms with Gasteiger partial charge in [-0.15, -0.1) is 5.10 Å². The molecule has 0 aromatic carbocycles. The van der Waals surface area contributed by atoms with Gasteiger partial charge in [0, 0.05) is 12.4 Å². The monoisotopic (exact) mass is 239 g/mol. The quantitative estimate of drug-likeness (QED) is 0.807. The summed E-state index contributed by atoms with van der Waals surface area (Å²) in [6.45, 7) is 0. The molecule has 5 nitrogen and oxygen atoms in total. The van der Waals surface area contributed by atoms with Gasteiger partial charge in [0.25, 0.3) is 0 Å². The molecular formula is C7H6BrN5. The highest BCUT2D eigenvalue weighted by Gasteiger charge is 2.02. The summed E-state index contributed by atoms with van der Waals surface area (Å²) in [4.78, 5) is 7.76. The number of nitrogen functional groups attached to an aromatic ring is 1. The van der Waals surface area contributed by atoms with E-state index in [0.717, 1.165) is 10.2 Å². The summed E-state index contributed by atoms with van der Waals surface area (Å²) in [5.41, 5.74) is 6.25. The van der Waals surface area contributed by atoms with Gasteiger partial charge in [-0.25, -0.2) is 9.67 Å². The molecule has 0 unspecified atom stereocenters. The van der Waals surface area contributed by atoms with Crippen molar-refractivity contribution >= 4 is 21.9 Å². The minimum Gasteiger partial charge on any atom is -0.366 e. The molecule has 2 aromatic rings. The van der Waals surface area contributed by atoms with Crippen molar-refractivity contribution in [1.82, 2.24) is 19.7 Å². The highest BCUT2D eigenvalue weighted by atomic mass is 79.9. The highest BCUT2D eigenvalue weighted by molar-refractivity contribution is 9.10. The Morgan fingerprint density at radius 3 is 2.92 bits per heavy atom. The average Bonchev–Trinajstić information content (AvgIpc) is 2.53. The van der Waals surface area contributed by atoms with Crippen molar-refractivity contribution in [2.45, 2.75) is 0 Å². The minimum absolute atomic E-state index is 0.253. The van der Waals surface area contributed by atoms with Crippen LogP contribution < -0.4 is 5.73 Å². The van der Waals surface area contributed by atoms with Crippen LogP contribution in [0.15, 0.2) is 29.3 Å². The molecule has 66 valence electrons. The molecule has 0 amide bonds. The number of rotatable bonds is 1. The zero-order valence-corrected chi connectivity index (χ0v) is 8.14. The molecule has 0 atom stereocenters. The number of nitrogens with zero attached hydrogens (tertiary/aromatic N) is 4. The van der Waals surface area contributed by atoms with Crippen molar-refractivity contribution in [3.8, 4) is 5.69 Å². The number of nitrogens with two attached hydrogens (primary N) is 1. The van der Waals surface area contributed by atoms with Gasteiger partial charge in [0.05, 0.1) is 10.2 Å². The first-order chi connectivity index (χ1) is 6.27. The van der Waals surface area contributed by atoms with Gasteiger partial charge < -0.3 is 5.73 Å². The van der Waals surface area contributed by atoms with Gasteiger partial charge in [0.15, 0.2) is 0 Å². The fourth-order valence-corrected chi connectivity index (χ4v) is 1.38. The normalized spacial score (nSPS) is 10.2. The Kier molecular flexibility index (Phi) is 1.97. The maximum absolute atomic E-state index is 5.39. The van der Waals surface area contributed by atoms with E-state index in [1.54, 1.807) is 23.4 Å². The summed E-state index contributed by atoms with van der Waals surface area (Å²) in [6.07, 6.45) is 4.92. The van der Waals surface area contributed by atoms with E-state index in [4.69, 9.17) is 5.73 Å². The number of hydrogen-bond acceptors (Lipinski definition) is 4. The standard InChI is InChI=1S/C7H6BrN5/c8-5-3-10-2-1-6(5)13-4-11-7(9)12-13/h1-4H,(H2,9,12). The van der Waals surface area contributed by atoms with E-state index in [2.05, 4.69) is 31.0 Å². The molecular weight excluding hydrogens is 234 g/mol. The maximum Gasteiger partial charge on any atom is 0.239 e. The summed E-state index contributed by atoms with van der Waals surface area (Å²) in [6, 6.07) is 1.82. The van der Waals surface area contributed by atoms with Crippen LogP contribution in [0, 0.1) is 0 Å². The van der Waals surface area contributed by atoms with Gasteiger partial charge in [0.1, 0.15) is 6.33 Å². The van der Waals surface area contributed by atoms with E-state index in [-0.39, 0.29) is 5.95 Å². The predicted molar refractivity (Wildman–Crippen MR) is 51.3 cm³/mol. The second-order valence-electron chi connectivity index (χ2n) is 2.37. The van der Waals surface area contributed by atoms with Gasteiger partial charge in [-0.1, -0.05) is 0 Å². The fourth-order valence-electron chi connectivity index (χ4n) is 0.946. The van der Waals surface area contributed by atoms with Crippen LogP contribution in [0.5, 0.6) is 0 Å².